The average Bonchev–Trinajstić information content (AvgIpc) is 3.24. The van der Waals surface area contributed by atoms with E-state index >= 15 is 0 Å². The lowest BCUT2D eigenvalue weighted by Gasteiger charge is -2.19. The minimum absolute atomic E-state index is 0.0772. The number of hydrogen-bond acceptors (Lipinski definition) is 5. The van der Waals surface area contributed by atoms with Gasteiger partial charge in [0, 0.05) is 37.7 Å². The standard InChI is InChI=1S/C18H21BrN6O2/c1-22-15-14(16(26)23(2)18(22)27)25(9-11-5-3-4-6-13(11)19)17(21-15)24-8-7-12(20)10-24/h3-6,12H,7-10,20H2,1-2H3. The molecule has 0 saturated carbocycles. The highest BCUT2D eigenvalue weighted by Gasteiger charge is 2.27. The summed E-state index contributed by atoms with van der Waals surface area (Å²) < 4.78 is 5.40. The minimum Gasteiger partial charge on any atom is -0.341 e. The summed E-state index contributed by atoms with van der Waals surface area (Å²) in [6.45, 7) is 1.91. The van der Waals surface area contributed by atoms with Gasteiger partial charge in [0.15, 0.2) is 11.2 Å². The highest BCUT2D eigenvalue weighted by atomic mass is 79.9. The maximum Gasteiger partial charge on any atom is 0.332 e. The van der Waals surface area contributed by atoms with Crippen molar-refractivity contribution in [1.29, 1.82) is 0 Å². The van der Waals surface area contributed by atoms with E-state index in [4.69, 9.17) is 5.73 Å². The largest absolute Gasteiger partial charge is 0.341 e. The van der Waals surface area contributed by atoms with Gasteiger partial charge in [0.25, 0.3) is 5.56 Å². The van der Waals surface area contributed by atoms with Crippen LogP contribution >= 0.6 is 15.9 Å². The molecule has 1 aliphatic rings. The molecule has 2 aromatic heterocycles. The fourth-order valence-electron chi connectivity index (χ4n) is 3.59. The van der Waals surface area contributed by atoms with Crippen LogP contribution in [0.5, 0.6) is 0 Å². The quantitative estimate of drug-likeness (QED) is 0.660. The van der Waals surface area contributed by atoms with Gasteiger partial charge in [0.1, 0.15) is 0 Å². The molecule has 3 aromatic rings. The number of aryl methyl sites for hydroxylation is 1. The first-order chi connectivity index (χ1) is 12.9. The Morgan fingerprint density at radius 1 is 1.22 bits per heavy atom. The van der Waals surface area contributed by atoms with Crippen LogP contribution in [0.3, 0.4) is 0 Å². The van der Waals surface area contributed by atoms with E-state index in [1.165, 1.54) is 11.6 Å². The Kier molecular flexibility index (Phi) is 4.43. The Balaban J connectivity index is 2.00. The monoisotopic (exact) mass is 432 g/mol. The molecule has 3 heterocycles. The third-order valence-corrected chi connectivity index (χ3v) is 5.90. The topological polar surface area (TPSA) is 91.1 Å². The first kappa shape index (κ1) is 18.0. The molecule has 9 heteroatoms. The van der Waals surface area contributed by atoms with E-state index in [0.29, 0.717) is 30.2 Å². The van der Waals surface area contributed by atoms with Gasteiger partial charge in [-0.1, -0.05) is 34.1 Å². The number of benzene rings is 1. The SMILES string of the molecule is Cn1c(=O)c2c(nc(N3CCC(N)C3)n2Cc2ccccc2Br)n(C)c1=O. The second kappa shape index (κ2) is 6.65. The number of hydrogen-bond donors (Lipinski definition) is 1. The molecule has 142 valence electrons. The summed E-state index contributed by atoms with van der Waals surface area (Å²) in [7, 11) is 3.13. The van der Waals surface area contributed by atoms with Crippen LogP contribution in [0.4, 0.5) is 5.95 Å². The van der Waals surface area contributed by atoms with Gasteiger partial charge in [-0.2, -0.15) is 4.98 Å². The lowest BCUT2D eigenvalue weighted by atomic mass is 10.2. The fraction of sp³-hybridized carbons (Fsp3) is 0.389. The Labute approximate surface area is 164 Å². The zero-order valence-corrected chi connectivity index (χ0v) is 16.8. The van der Waals surface area contributed by atoms with Gasteiger partial charge in [0.05, 0.1) is 6.54 Å². The van der Waals surface area contributed by atoms with Crippen LogP contribution in [0.2, 0.25) is 0 Å². The summed E-state index contributed by atoms with van der Waals surface area (Å²) in [4.78, 5) is 32.0. The van der Waals surface area contributed by atoms with Crippen LogP contribution in [-0.2, 0) is 20.6 Å². The fourth-order valence-corrected chi connectivity index (χ4v) is 4.00. The number of nitrogens with zero attached hydrogens (tertiary/aromatic N) is 5. The van der Waals surface area contributed by atoms with Crippen LogP contribution in [-0.4, -0.2) is 37.8 Å². The smallest absolute Gasteiger partial charge is 0.332 e. The van der Waals surface area contributed by atoms with Crippen LogP contribution < -0.4 is 21.9 Å². The van der Waals surface area contributed by atoms with Crippen molar-refractivity contribution in [3.05, 3.63) is 55.1 Å². The Morgan fingerprint density at radius 3 is 2.63 bits per heavy atom. The molecule has 0 spiro atoms. The van der Waals surface area contributed by atoms with Crippen molar-refractivity contribution in [3.8, 4) is 0 Å². The number of aromatic nitrogens is 4. The van der Waals surface area contributed by atoms with Gasteiger partial charge >= 0.3 is 5.69 Å². The maximum atomic E-state index is 12.9. The second-order valence-electron chi connectivity index (χ2n) is 6.96. The van der Waals surface area contributed by atoms with Crippen molar-refractivity contribution in [2.75, 3.05) is 18.0 Å². The Morgan fingerprint density at radius 2 is 1.96 bits per heavy atom. The summed E-state index contributed by atoms with van der Waals surface area (Å²) >= 11 is 3.58. The van der Waals surface area contributed by atoms with Gasteiger partial charge in [0.2, 0.25) is 5.95 Å². The zero-order valence-electron chi connectivity index (χ0n) is 15.2. The number of imidazole rings is 1. The normalized spacial score (nSPS) is 17.2. The van der Waals surface area contributed by atoms with Crippen molar-refractivity contribution in [1.82, 2.24) is 18.7 Å². The first-order valence-corrected chi connectivity index (χ1v) is 9.58. The molecule has 0 radical (unpaired) electrons. The van der Waals surface area contributed by atoms with Crippen molar-refractivity contribution >= 4 is 33.0 Å². The third-order valence-electron chi connectivity index (χ3n) is 5.12. The summed E-state index contributed by atoms with van der Waals surface area (Å²) in [5, 5.41) is 0. The third kappa shape index (κ3) is 2.90. The molecule has 0 amide bonds. The Hall–Kier alpha value is -2.39. The van der Waals surface area contributed by atoms with E-state index in [9.17, 15) is 9.59 Å². The predicted molar refractivity (Wildman–Crippen MR) is 108 cm³/mol. The average molecular weight is 433 g/mol. The van der Waals surface area contributed by atoms with Crippen LogP contribution in [0.15, 0.2) is 38.3 Å². The maximum absolute atomic E-state index is 12.9. The molecule has 1 aromatic carbocycles. The van der Waals surface area contributed by atoms with E-state index in [1.807, 2.05) is 28.8 Å². The van der Waals surface area contributed by atoms with Crippen molar-refractivity contribution in [2.24, 2.45) is 19.8 Å². The van der Waals surface area contributed by atoms with Gasteiger partial charge < -0.3 is 10.6 Å². The van der Waals surface area contributed by atoms with Crippen molar-refractivity contribution in [3.63, 3.8) is 0 Å². The molecule has 0 aliphatic carbocycles. The number of halogens is 1. The lowest BCUT2D eigenvalue weighted by Crippen LogP contribution is -2.37. The van der Waals surface area contributed by atoms with Crippen molar-refractivity contribution in [2.45, 2.75) is 19.0 Å². The van der Waals surface area contributed by atoms with Crippen molar-refractivity contribution < 1.29 is 0 Å². The number of anilines is 1. The molecule has 27 heavy (non-hydrogen) atoms. The zero-order chi connectivity index (χ0) is 19.3. The molecule has 1 saturated heterocycles. The summed E-state index contributed by atoms with van der Waals surface area (Å²) in [5.74, 6) is 0.673. The summed E-state index contributed by atoms with van der Waals surface area (Å²) in [6.07, 6.45) is 0.870. The molecule has 1 fully saturated rings. The molecule has 2 N–H and O–H groups in total. The predicted octanol–water partition coefficient (Wildman–Crippen LogP) is 0.782. The molecule has 1 atom stereocenters. The second-order valence-corrected chi connectivity index (χ2v) is 7.82. The van der Waals surface area contributed by atoms with Gasteiger partial charge in [-0.3, -0.25) is 18.5 Å². The summed E-state index contributed by atoms with van der Waals surface area (Å²) in [5.41, 5.74) is 7.19. The van der Waals surface area contributed by atoms with Gasteiger partial charge in [-0.15, -0.1) is 0 Å². The lowest BCUT2D eigenvalue weighted by molar-refractivity contribution is 0.701. The minimum atomic E-state index is -0.386. The van der Waals surface area contributed by atoms with Crippen LogP contribution in [0.25, 0.3) is 11.2 Å². The van der Waals surface area contributed by atoms with Gasteiger partial charge in [-0.25, -0.2) is 4.79 Å². The van der Waals surface area contributed by atoms with E-state index in [2.05, 4.69) is 25.8 Å². The summed E-state index contributed by atoms with van der Waals surface area (Å²) in [6, 6.07) is 7.95. The van der Waals surface area contributed by atoms with E-state index in [0.717, 1.165) is 27.6 Å². The molecule has 8 nitrogen and oxygen atoms in total. The number of rotatable bonds is 3. The first-order valence-electron chi connectivity index (χ1n) is 8.78. The molecule has 4 rings (SSSR count). The Bertz CT molecular complexity index is 1150. The molecule has 1 aliphatic heterocycles. The molecular formula is C18H21BrN6O2. The highest BCUT2D eigenvalue weighted by molar-refractivity contribution is 9.10. The molecular weight excluding hydrogens is 412 g/mol. The number of nitrogens with two attached hydrogens (primary N) is 1. The van der Waals surface area contributed by atoms with Crippen LogP contribution in [0, 0.1) is 0 Å². The van der Waals surface area contributed by atoms with E-state index in [1.54, 1.807) is 7.05 Å². The highest BCUT2D eigenvalue weighted by Crippen LogP contribution is 2.26. The van der Waals surface area contributed by atoms with Crippen LogP contribution in [0.1, 0.15) is 12.0 Å². The van der Waals surface area contributed by atoms with E-state index in [-0.39, 0.29) is 17.3 Å². The molecule has 0 bridgehead atoms. The number of fused-ring (bicyclic) bond motifs is 1. The van der Waals surface area contributed by atoms with Gasteiger partial charge in [-0.05, 0) is 18.1 Å². The van der Waals surface area contributed by atoms with E-state index < -0.39 is 0 Å². The molecule has 1 unspecified atom stereocenters.